The maximum atomic E-state index is 12.7. The van der Waals surface area contributed by atoms with E-state index < -0.39 is 6.04 Å². The van der Waals surface area contributed by atoms with Gasteiger partial charge in [0.05, 0.1) is 158 Å². The first kappa shape index (κ1) is 59.1. The van der Waals surface area contributed by atoms with Gasteiger partial charge in [0.15, 0.2) is 5.78 Å². The molecule has 0 aliphatic carbocycles. The standard InChI is InChI=1S/C44H86N2O15/c1-39(2)11-7-6-8-13-43(48)46-41(44(49)40(3)4)12-9-10-15-45-42(47)14-16-51-19-20-53-23-24-55-27-28-57-31-32-59-35-36-61-38-37-60-34-33-58-30-29-56-26-25-54-22-21-52-18-17-50-5/h39-41H,6-38H2,1-5H3,(H,45,47)(H,46,48)/t41-/m1/s1. The minimum atomic E-state index is -0.473. The third-order valence-electron chi connectivity index (χ3n) is 8.80. The SMILES string of the molecule is COCCOCCOCCOCCOCCOCCOCCOCCOCCOCCOCCOCCC(=O)NCCCC[C@@H](NC(=O)CCCCCC(C)C)C(=O)C(C)C. The summed E-state index contributed by atoms with van der Waals surface area (Å²) in [6, 6.07) is -0.473. The van der Waals surface area contributed by atoms with Crippen LogP contribution in [0.4, 0.5) is 0 Å². The smallest absolute Gasteiger partial charge is 0.222 e. The average molecular weight is 883 g/mol. The van der Waals surface area contributed by atoms with Crippen molar-refractivity contribution in [1.29, 1.82) is 0 Å². The van der Waals surface area contributed by atoms with Crippen molar-refractivity contribution in [3.63, 3.8) is 0 Å². The lowest BCUT2D eigenvalue weighted by molar-refractivity contribution is -0.129. The summed E-state index contributed by atoms with van der Waals surface area (Å²) in [4.78, 5) is 37.3. The van der Waals surface area contributed by atoms with Crippen molar-refractivity contribution >= 4 is 17.6 Å². The molecule has 0 heterocycles. The molecule has 0 unspecified atom stereocenters. The van der Waals surface area contributed by atoms with Crippen LogP contribution in [0.15, 0.2) is 0 Å². The molecule has 0 fully saturated rings. The van der Waals surface area contributed by atoms with Gasteiger partial charge < -0.3 is 67.5 Å². The third kappa shape index (κ3) is 46.0. The quantitative estimate of drug-likeness (QED) is 0.0840. The molecule has 0 rings (SSSR count). The summed E-state index contributed by atoms with van der Waals surface area (Å²) in [7, 11) is 1.64. The van der Waals surface area contributed by atoms with Crippen LogP contribution in [-0.4, -0.2) is 189 Å². The summed E-state index contributed by atoms with van der Waals surface area (Å²) in [5, 5.41) is 5.85. The minimum Gasteiger partial charge on any atom is -0.382 e. The number of unbranched alkanes of at least 4 members (excludes halogenated alkanes) is 3. The van der Waals surface area contributed by atoms with E-state index in [0.717, 1.165) is 32.1 Å². The van der Waals surface area contributed by atoms with E-state index in [9.17, 15) is 14.4 Å². The van der Waals surface area contributed by atoms with Crippen LogP contribution in [0.25, 0.3) is 0 Å². The molecular formula is C44H86N2O15. The highest BCUT2D eigenvalue weighted by Gasteiger charge is 2.22. The minimum absolute atomic E-state index is 0.0545. The fraction of sp³-hybridized carbons (Fsp3) is 0.932. The Bertz CT molecular complexity index is 964. The van der Waals surface area contributed by atoms with Gasteiger partial charge in [-0.25, -0.2) is 0 Å². The summed E-state index contributed by atoms with van der Waals surface area (Å²) in [5.41, 5.74) is 0. The topological polar surface area (TPSA) is 186 Å². The highest BCUT2D eigenvalue weighted by Crippen LogP contribution is 2.11. The molecule has 0 aromatic heterocycles. The predicted octanol–water partition coefficient (Wildman–Crippen LogP) is 3.81. The second kappa shape index (κ2) is 47.6. The van der Waals surface area contributed by atoms with E-state index in [-0.39, 0.29) is 29.9 Å². The Morgan fingerprint density at radius 3 is 1.11 bits per heavy atom. The number of hydrogen-bond donors (Lipinski definition) is 2. The molecular weight excluding hydrogens is 796 g/mol. The highest BCUT2D eigenvalue weighted by atomic mass is 16.6. The molecule has 1 atom stereocenters. The maximum absolute atomic E-state index is 12.7. The lowest BCUT2D eigenvalue weighted by atomic mass is 9.97. The Balaban J connectivity index is 3.42. The van der Waals surface area contributed by atoms with Crippen LogP contribution in [0.3, 0.4) is 0 Å². The number of carbonyl (C=O) groups excluding carboxylic acids is 3. The zero-order valence-electron chi connectivity index (χ0n) is 38.7. The fourth-order valence-corrected chi connectivity index (χ4v) is 5.37. The van der Waals surface area contributed by atoms with Crippen molar-refractivity contribution in [2.75, 3.05) is 166 Å². The van der Waals surface area contributed by atoms with Crippen LogP contribution in [0.2, 0.25) is 0 Å². The zero-order chi connectivity index (χ0) is 44.7. The van der Waals surface area contributed by atoms with E-state index in [1.807, 2.05) is 13.8 Å². The molecule has 0 aliphatic rings. The van der Waals surface area contributed by atoms with Gasteiger partial charge in [0, 0.05) is 32.4 Å². The van der Waals surface area contributed by atoms with Crippen LogP contribution in [-0.2, 0) is 71.2 Å². The van der Waals surface area contributed by atoms with Crippen molar-refractivity contribution in [3.8, 4) is 0 Å². The largest absolute Gasteiger partial charge is 0.382 e. The van der Waals surface area contributed by atoms with Crippen LogP contribution >= 0.6 is 0 Å². The molecule has 17 heteroatoms. The van der Waals surface area contributed by atoms with Crippen molar-refractivity contribution < 1.29 is 71.2 Å². The Morgan fingerprint density at radius 1 is 0.393 bits per heavy atom. The number of rotatable bonds is 50. The molecule has 2 amide bonds. The molecule has 0 bridgehead atoms. The van der Waals surface area contributed by atoms with E-state index in [1.165, 1.54) is 6.42 Å². The third-order valence-corrected chi connectivity index (χ3v) is 8.80. The monoisotopic (exact) mass is 883 g/mol. The summed E-state index contributed by atoms with van der Waals surface area (Å²) >= 11 is 0. The summed E-state index contributed by atoms with van der Waals surface area (Å²) < 4.78 is 65.0. The van der Waals surface area contributed by atoms with Crippen molar-refractivity contribution in [2.24, 2.45) is 11.8 Å². The molecule has 2 N–H and O–H groups in total. The molecule has 0 radical (unpaired) electrons. The lowest BCUT2D eigenvalue weighted by Crippen LogP contribution is -2.42. The molecule has 0 spiro atoms. The van der Waals surface area contributed by atoms with Gasteiger partial charge in [-0.2, -0.15) is 0 Å². The number of ketones is 1. The van der Waals surface area contributed by atoms with Gasteiger partial charge in [0.1, 0.15) is 0 Å². The first-order valence-corrected chi connectivity index (χ1v) is 22.7. The number of carbonyl (C=O) groups is 3. The molecule has 0 aromatic rings. The Kier molecular flexibility index (Phi) is 46.1. The number of methoxy groups -OCH3 is 1. The molecule has 362 valence electrons. The number of ether oxygens (including phenoxy) is 12. The number of amides is 2. The molecule has 0 aliphatic heterocycles. The Hall–Kier alpha value is -1.87. The van der Waals surface area contributed by atoms with E-state index in [4.69, 9.17) is 56.8 Å². The summed E-state index contributed by atoms with van der Waals surface area (Å²) in [6.45, 7) is 19.8. The van der Waals surface area contributed by atoms with Crippen LogP contribution in [0.5, 0.6) is 0 Å². The normalized spacial score (nSPS) is 12.1. The maximum Gasteiger partial charge on any atom is 0.222 e. The number of hydrogen-bond acceptors (Lipinski definition) is 15. The molecule has 61 heavy (non-hydrogen) atoms. The van der Waals surface area contributed by atoms with Gasteiger partial charge in [-0.3, -0.25) is 14.4 Å². The van der Waals surface area contributed by atoms with Gasteiger partial charge in [-0.1, -0.05) is 47.0 Å². The van der Waals surface area contributed by atoms with Crippen molar-refractivity contribution in [1.82, 2.24) is 10.6 Å². The summed E-state index contributed by atoms with van der Waals surface area (Å²) in [6.07, 6.45) is 6.92. The summed E-state index contributed by atoms with van der Waals surface area (Å²) in [5.74, 6) is 0.447. The fourth-order valence-electron chi connectivity index (χ4n) is 5.37. The molecule has 0 saturated heterocycles. The second-order valence-electron chi connectivity index (χ2n) is 15.0. The van der Waals surface area contributed by atoms with E-state index in [1.54, 1.807) is 7.11 Å². The second-order valence-corrected chi connectivity index (χ2v) is 15.0. The Morgan fingerprint density at radius 2 is 0.754 bits per heavy atom. The Labute approximate surface area is 367 Å². The first-order valence-electron chi connectivity index (χ1n) is 22.7. The van der Waals surface area contributed by atoms with Crippen LogP contribution < -0.4 is 10.6 Å². The van der Waals surface area contributed by atoms with Gasteiger partial charge in [0.25, 0.3) is 0 Å². The molecule has 0 saturated carbocycles. The van der Waals surface area contributed by atoms with Crippen LogP contribution in [0.1, 0.15) is 85.5 Å². The molecule has 0 aromatic carbocycles. The van der Waals surface area contributed by atoms with E-state index >= 15 is 0 Å². The van der Waals surface area contributed by atoms with Crippen molar-refractivity contribution in [3.05, 3.63) is 0 Å². The van der Waals surface area contributed by atoms with Gasteiger partial charge in [-0.05, 0) is 31.6 Å². The van der Waals surface area contributed by atoms with E-state index in [2.05, 4.69) is 24.5 Å². The van der Waals surface area contributed by atoms with Crippen molar-refractivity contribution in [2.45, 2.75) is 91.5 Å². The first-order chi connectivity index (χ1) is 29.8. The lowest BCUT2D eigenvalue weighted by Gasteiger charge is -2.20. The van der Waals surface area contributed by atoms with Gasteiger partial charge in [-0.15, -0.1) is 0 Å². The van der Waals surface area contributed by atoms with Gasteiger partial charge in [0.2, 0.25) is 11.8 Å². The van der Waals surface area contributed by atoms with E-state index in [0.29, 0.717) is 177 Å². The zero-order valence-corrected chi connectivity index (χ0v) is 38.7. The average Bonchev–Trinajstić information content (AvgIpc) is 3.23. The van der Waals surface area contributed by atoms with Gasteiger partial charge >= 0.3 is 0 Å². The number of nitrogens with one attached hydrogen (secondary N) is 2. The highest BCUT2D eigenvalue weighted by molar-refractivity contribution is 5.90. The molecule has 17 nitrogen and oxygen atoms in total. The van der Waals surface area contributed by atoms with Crippen LogP contribution in [0, 0.1) is 11.8 Å². The number of Topliss-reactive ketones (excluding diaryl/α,β-unsaturated/α-hetero) is 1. The predicted molar refractivity (Wildman–Crippen MR) is 232 cm³/mol.